The molecule has 3 heterocycles. The molecule has 0 radical (unpaired) electrons. The summed E-state index contributed by atoms with van der Waals surface area (Å²) >= 11 is 0. The Bertz CT molecular complexity index is 1150. The van der Waals surface area contributed by atoms with Crippen LogP contribution in [0.4, 0.5) is 5.69 Å². The van der Waals surface area contributed by atoms with Gasteiger partial charge in [-0.2, -0.15) is 9.61 Å². The van der Waals surface area contributed by atoms with E-state index in [2.05, 4.69) is 75.3 Å². The average molecular weight is 359 g/mol. The van der Waals surface area contributed by atoms with Crippen molar-refractivity contribution in [2.75, 3.05) is 18.5 Å². The molecule has 0 amide bonds. The molecule has 0 unspecified atom stereocenters. The van der Waals surface area contributed by atoms with Crippen LogP contribution >= 0.6 is 0 Å². The predicted molar refractivity (Wildman–Crippen MR) is 105 cm³/mol. The second-order valence-corrected chi connectivity index (χ2v) is 6.55. The number of hydrogen-bond donors (Lipinski definition) is 0. The lowest BCUT2D eigenvalue weighted by Crippen LogP contribution is -2.15. The van der Waals surface area contributed by atoms with E-state index in [9.17, 15) is 0 Å². The summed E-state index contributed by atoms with van der Waals surface area (Å²) in [5.74, 6) is 0.595. The molecule has 7 heteroatoms. The van der Waals surface area contributed by atoms with E-state index in [4.69, 9.17) is 0 Å². The first-order valence-corrected chi connectivity index (χ1v) is 8.90. The summed E-state index contributed by atoms with van der Waals surface area (Å²) in [5.41, 5.74) is 5.84. The van der Waals surface area contributed by atoms with Gasteiger partial charge < -0.3 is 4.90 Å². The second-order valence-electron chi connectivity index (χ2n) is 6.55. The number of fused-ring (bicyclic) bond motifs is 1. The minimum atomic E-state index is 0.595. The van der Waals surface area contributed by atoms with Crippen molar-refractivity contribution in [1.82, 2.24) is 29.8 Å². The third-order valence-electron chi connectivity index (χ3n) is 4.78. The van der Waals surface area contributed by atoms with Gasteiger partial charge in [0.1, 0.15) is 5.69 Å². The fourth-order valence-corrected chi connectivity index (χ4v) is 3.05. The zero-order valence-corrected chi connectivity index (χ0v) is 15.9. The summed E-state index contributed by atoms with van der Waals surface area (Å²) in [6.07, 6.45) is 7.05. The fourth-order valence-electron chi connectivity index (χ4n) is 3.05. The Labute approximate surface area is 157 Å². The van der Waals surface area contributed by atoms with Gasteiger partial charge in [0.2, 0.25) is 5.82 Å². The Kier molecular flexibility index (Phi) is 4.27. The van der Waals surface area contributed by atoms with Crippen LogP contribution in [0.1, 0.15) is 23.7 Å². The van der Waals surface area contributed by atoms with Crippen molar-refractivity contribution >= 4 is 17.4 Å². The molecule has 4 rings (SSSR count). The lowest BCUT2D eigenvalue weighted by Gasteiger charge is -2.17. The standard InChI is InChI=1S/C20H21N7/c1-5-26(4)16-7-6-15(13(2)10-16)11-17-14(3)25-27-19(17)23-24-20(27)18-12-21-8-9-22-18/h6-12H,5H2,1-4H3. The van der Waals surface area contributed by atoms with Gasteiger partial charge in [-0.15, -0.1) is 10.2 Å². The molecule has 0 spiro atoms. The van der Waals surface area contributed by atoms with E-state index >= 15 is 0 Å². The molecule has 0 aliphatic rings. The first kappa shape index (κ1) is 17.1. The van der Waals surface area contributed by atoms with Crippen LogP contribution in [0.2, 0.25) is 0 Å². The predicted octanol–water partition coefficient (Wildman–Crippen LogP) is 2.20. The Morgan fingerprint density at radius 3 is 2.70 bits per heavy atom. The van der Waals surface area contributed by atoms with E-state index in [0.29, 0.717) is 11.5 Å². The van der Waals surface area contributed by atoms with Gasteiger partial charge in [0.25, 0.3) is 0 Å². The number of hydrogen-bond acceptors (Lipinski definition) is 6. The van der Waals surface area contributed by atoms with E-state index in [-0.39, 0.29) is 0 Å². The second kappa shape index (κ2) is 6.75. The van der Waals surface area contributed by atoms with Gasteiger partial charge in [-0.1, -0.05) is 6.07 Å². The normalized spacial score (nSPS) is 12.1. The Morgan fingerprint density at radius 1 is 1.15 bits per heavy atom. The minimum Gasteiger partial charge on any atom is -0.375 e. The molecular formula is C20H21N7. The van der Waals surface area contributed by atoms with Crippen molar-refractivity contribution < 1.29 is 0 Å². The summed E-state index contributed by atoms with van der Waals surface area (Å²) < 4.78 is 1.74. The maximum absolute atomic E-state index is 4.62. The van der Waals surface area contributed by atoms with E-state index < -0.39 is 0 Å². The smallest absolute Gasteiger partial charge is 0.205 e. The molecule has 0 aliphatic carbocycles. The Balaban J connectivity index is 1.83. The molecule has 0 N–H and O–H groups in total. The van der Waals surface area contributed by atoms with Crippen LogP contribution in [0.5, 0.6) is 0 Å². The number of anilines is 1. The van der Waals surface area contributed by atoms with Gasteiger partial charge in [0.15, 0.2) is 5.65 Å². The van der Waals surface area contributed by atoms with Crippen LogP contribution in [0.15, 0.2) is 36.8 Å². The fraction of sp³-hybridized carbons (Fsp3) is 0.250. The average Bonchev–Trinajstić information content (AvgIpc) is 3.22. The molecule has 0 aliphatic heterocycles. The summed E-state index contributed by atoms with van der Waals surface area (Å²) in [6.45, 7) is 7.22. The molecule has 27 heavy (non-hydrogen) atoms. The first-order valence-electron chi connectivity index (χ1n) is 8.90. The largest absolute Gasteiger partial charge is 0.375 e. The maximum atomic E-state index is 4.62. The van der Waals surface area contributed by atoms with E-state index in [1.54, 1.807) is 23.1 Å². The van der Waals surface area contributed by atoms with Crippen molar-refractivity contribution in [3.8, 4) is 11.5 Å². The lowest BCUT2D eigenvalue weighted by atomic mass is 10.1. The van der Waals surface area contributed by atoms with Gasteiger partial charge in [-0.05, 0) is 50.1 Å². The van der Waals surface area contributed by atoms with Crippen LogP contribution in [0.3, 0.4) is 0 Å². The maximum Gasteiger partial charge on any atom is 0.205 e. The third-order valence-corrected chi connectivity index (χ3v) is 4.78. The molecule has 0 atom stereocenters. The van der Waals surface area contributed by atoms with Gasteiger partial charge in [-0.3, -0.25) is 4.98 Å². The number of rotatable bonds is 4. The molecule has 0 fully saturated rings. The van der Waals surface area contributed by atoms with Crippen molar-refractivity contribution in [2.24, 2.45) is 0 Å². The molecule has 1 aromatic carbocycles. The van der Waals surface area contributed by atoms with Crippen LogP contribution < -0.4 is 10.1 Å². The number of aryl methyl sites for hydroxylation is 2. The monoisotopic (exact) mass is 359 g/mol. The minimum absolute atomic E-state index is 0.595. The molecule has 3 aromatic heterocycles. The van der Waals surface area contributed by atoms with Gasteiger partial charge >= 0.3 is 0 Å². The number of benzene rings is 1. The van der Waals surface area contributed by atoms with Gasteiger partial charge in [0, 0.05) is 36.9 Å². The Morgan fingerprint density at radius 2 is 2.00 bits per heavy atom. The van der Waals surface area contributed by atoms with E-state index in [1.807, 2.05) is 6.92 Å². The third kappa shape index (κ3) is 3.01. The van der Waals surface area contributed by atoms with Crippen LogP contribution in [0.25, 0.3) is 23.2 Å². The Hall–Kier alpha value is -3.35. The highest BCUT2D eigenvalue weighted by atomic mass is 15.4. The van der Waals surface area contributed by atoms with Gasteiger partial charge in [-0.25, -0.2) is 4.98 Å². The molecule has 4 aromatic rings. The summed E-state index contributed by atoms with van der Waals surface area (Å²) in [5, 5.41) is 14.2. The molecular weight excluding hydrogens is 338 g/mol. The molecule has 7 nitrogen and oxygen atoms in total. The topological polar surface area (TPSA) is 72.1 Å². The zero-order chi connectivity index (χ0) is 19.0. The first-order chi connectivity index (χ1) is 13.1. The molecule has 0 saturated carbocycles. The van der Waals surface area contributed by atoms with Crippen molar-refractivity contribution in [1.29, 1.82) is 0 Å². The summed E-state index contributed by atoms with van der Waals surface area (Å²) in [6, 6.07) is 6.48. The van der Waals surface area contributed by atoms with E-state index in [0.717, 1.165) is 28.7 Å². The quantitative estimate of drug-likeness (QED) is 0.556. The molecule has 0 saturated heterocycles. The van der Waals surface area contributed by atoms with Crippen LogP contribution in [0, 0.1) is 13.8 Å². The zero-order valence-electron chi connectivity index (χ0n) is 15.9. The van der Waals surface area contributed by atoms with Crippen molar-refractivity contribution in [3.05, 3.63) is 58.8 Å². The summed E-state index contributed by atoms with van der Waals surface area (Å²) in [4.78, 5) is 10.6. The number of nitrogens with zero attached hydrogens (tertiary/aromatic N) is 7. The van der Waals surface area contributed by atoms with Crippen molar-refractivity contribution in [3.63, 3.8) is 0 Å². The van der Waals surface area contributed by atoms with E-state index in [1.165, 1.54) is 11.3 Å². The van der Waals surface area contributed by atoms with Gasteiger partial charge in [0.05, 0.1) is 11.9 Å². The van der Waals surface area contributed by atoms with Crippen molar-refractivity contribution in [2.45, 2.75) is 20.8 Å². The highest BCUT2D eigenvalue weighted by Gasteiger charge is 2.15. The van der Waals surface area contributed by atoms with Crippen LogP contribution in [-0.4, -0.2) is 43.4 Å². The SMILES string of the molecule is CCN(C)c1ccc(C=c2c(C)nn3c(-c4cnccn4)nnc23)c(C)c1. The highest BCUT2D eigenvalue weighted by Crippen LogP contribution is 2.19. The summed E-state index contributed by atoms with van der Waals surface area (Å²) in [7, 11) is 2.09. The van der Waals surface area contributed by atoms with Crippen LogP contribution in [-0.2, 0) is 0 Å². The molecule has 136 valence electrons. The molecule has 0 bridgehead atoms. The highest BCUT2D eigenvalue weighted by molar-refractivity contribution is 5.65. The number of aromatic nitrogens is 6. The lowest BCUT2D eigenvalue weighted by molar-refractivity contribution is 0.928.